The summed E-state index contributed by atoms with van der Waals surface area (Å²) in [7, 11) is -2.60. The maximum absolute atomic E-state index is 13.0. The molecular weight excluding hydrogens is 409 g/mol. The van der Waals surface area contributed by atoms with Gasteiger partial charge in [-0.25, -0.2) is 13.1 Å². The van der Waals surface area contributed by atoms with Crippen molar-refractivity contribution in [2.75, 3.05) is 7.11 Å². The molecule has 0 atom stereocenters. The Morgan fingerprint density at radius 2 is 1.76 bits per heavy atom. The lowest BCUT2D eigenvalue weighted by Crippen LogP contribution is -2.35. The summed E-state index contributed by atoms with van der Waals surface area (Å²) in [5.41, 5.74) is 0.0745. The predicted molar refractivity (Wildman–Crippen MR) is 99.9 cm³/mol. The summed E-state index contributed by atoms with van der Waals surface area (Å²) in [5.74, 6) is -1.15. The van der Waals surface area contributed by atoms with Gasteiger partial charge in [-0.15, -0.1) is 0 Å². The Kier molecular flexibility index (Phi) is 6.52. The van der Waals surface area contributed by atoms with Crippen LogP contribution in [-0.4, -0.2) is 26.7 Å². The lowest BCUT2D eigenvalue weighted by Gasteiger charge is -2.21. The summed E-state index contributed by atoms with van der Waals surface area (Å²) in [4.78, 5) is -0.142. The zero-order valence-corrected chi connectivity index (χ0v) is 16.8. The minimum absolute atomic E-state index is 0.103. The third kappa shape index (κ3) is 5.30. The Bertz CT molecular complexity index is 933. The number of sulfonamides is 1. The average molecular weight is 432 g/mol. The van der Waals surface area contributed by atoms with Gasteiger partial charge in [0.15, 0.2) is 0 Å². The number of ether oxygens (including phenoxy) is 1. The third-order valence-electron chi connectivity index (χ3n) is 4.97. The number of nitrogens with zero attached hydrogens (tertiary/aromatic N) is 1. The number of alkyl halides is 3. The predicted octanol–water partition coefficient (Wildman–Crippen LogP) is 4.76. The van der Waals surface area contributed by atoms with E-state index in [9.17, 15) is 21.6 Å². The van der Waals surface area contributed by atoms with Crippen LogP contribution in [0, 0.1) is 0 Å². The minimum atomic E-state index is -4.67. The van der Waals surface area contributed by atoms with E-state index in [0.717, 1.165) is 51.0 Å². The van der Waals surface area contributed by atoms with E-state index in [1.54, 1.807) is 0 Å². The summed E-state index contributed by atoms with van der Waals surface area (Å²) in [6.07, 6.45) is 2.03. The molecule has 0 bridgehead atoms. The van der Waals surface area contributed by atoms with Crippen LogP contribution in [0.15, 0.2) is 33.7 Å². The van der Waals surface area contributed by atoms with Crippen LogP contribution in [0.5, 0.6) is 5.75 Å². The third-order valence-corrected chi connectivity index (χ3v) is 6.51. The summed E-state index contributed by atoms with van der Waals surface area (Å²) in [5, 5.41) is 3.42. The van der Waals surface area contributed by atoms with Gasteiger partial charge < -0.3 is 9.26 Å². The van der Waals surface area contributed by atoms with Gasteiger partial charge in [0, 0.05) is 17.7 Å². The van der Waals surface area contributed by atoms with Gasteiger partial charge in [0.1, 0.15) is 16.3 Å². The van der Waals surface area contributed by atoms with Crippen LogP contribution in [0.3, 0.4) is 0 Å². The zero-order chi connectivity index (χ0) is 21.1. The second-order valence-electron chi connectivity index (χ2n) is 7.10. The van der Waals surface area contributed by atoms with Gasteiger partial charge in [0.05, 0.1) is 7.11 Å². The molecule has 0 saturated heterocycles. The van der Waals surface area contributed by atoms with Gasteiger partial charge in [-0.3, -0.25) is 0 Å². The van der Waals surface area contributed by atoms with Crippen molar-refractivity contribution in [2.45, 2.75) is 62.1 Å². The molecule has 2 aromatic rings. The van der Waals surface area contributed by atoms with Crippen LogP contribution in [0.1, 0.15) is 50.7 Å². The van der Waals surface area contributed by atoms with Gasteiger partial charge in [0.2, 0.25) is 15.8 Å². The Labute approximate surface area is 167 Å². The highest BCUT2D eigenvalue weighted by Crippen LogP contribution is 2.34. The summed E-state index contributed by atoms with van der Waals surface area (Å²) >= 11 is 0. The van der Waals surface area contributed by atoms with Crippen LogP contribution < -0.4 is 9.46 Å². The van der Waals surface area contributed by atoms with Crippen molar-refractivity contribution >= 4 is 10.0 Å². The molecule has 10 heteroatoms. The summed E-state index contributed by atoms with van der Waals surface area (Å²) in [6.45, 7) is 0. The Balaban J connectivity index is 1.90. The zero-order valence-electron chi connectivity index (χ0n) is 16.0. The summed E-state index contributed by atoms with van der Waals surface area (Å²) in [6, 6.07) is 4.63. The van der Waals surface area contributed by atoms with Gasteiger partial charge >= 0.3 is 6.18 Å². The molecule has 1 aliphatic carbocycles. The van der Waals surface area contributed by atoms with Crippen molar-refractivity contribution in [3.8, 4) is 17.0 Å². The number of benzene rings is 1. The fourth-order valence-corrected chi connectivity index (χ4v) is 4.95. The molecule has 160 valence electrons. The van der Waals surface area contributed by atoms with Crippen molar-refractivity contribution in [3.05, 3.63) is 30.0 Å². The fourth-order valence-electron chi connectivity index (χ4n) is 3.45. The van der Waals surface area contributed by atoms with E-state index in [1.807, 2.05) is 0 Å². The Morgan fingerprint density at radius 1 is 1.10 bits per heavy atom. The second-order valence-corrected chi connectivity index (χ2v) is 8.79. The van der Waals surface area contributed by atoms with Crippen LogP contribution in [0.25, 0.3) is 11.3 Å². The largest absolute Gasteiger partial charge is 0.495 e. The van der Waals surface area contributed by atoms with E-state index < -0.39 is 22.0 Å². The van der Waals surface area contributed by atoms with Gasteiger partial charge in [-0.2, -0.15) is 13.2 Å². The molecule has 1 aliphatic rings. The van der Waals surface area contributed by atoms with E-state index in [0.29, 0.717) is 0 Å². The molecule has 6 nitrogen and oxygen atoms in total. The quantitative estimate of drug-likeness (QED) is 0.737. The van der Waals surface area contributed by atoms with E-state index in [2.05, 4.69) is 14.4 Å². The van der Waals surface area contributed by atoms with Crippen molar-refractivity contribution in [1.29, 1.82) is 0 Å². The molecule has 0 spiro atoms. The lowest BCUT2D eigenvalue weighted by molar-refractivity contribution is -0.155. The molecule has 1 saturated carbocycles. The van der Waals surface area contributed by atoms with Gasteiger partial charge in [-0.1, -0.05) is 37.3 Å². The number of rotatable bonds is 5. The first-order chi connectivity index (χ1) is 13.7. The first kappa shape index (κ1) is 21.6. The van der Waals surface area contributed by atoms with Crippen LogP contribution in [0.2, 0.25) is 0 Å². The first-order valence-corrected chi connectivity index (χ1v) is 10.9. The van der Waals surface area contributed by atoms with E-state index in [4.69, 9.17) is 4.74 Å². The van der Waals surface area contributed by atoms with Crippen molar-refractivity contribution in [1.82, 2.24) is 9.88 Å². The minimum Gasteiger partial charge on any atom is -0.495 e. The number of aromatic nitrogens is 1. The highest BCUT2D eigenvalue weighted by Gasteiger charge is 2.36. The molecule has 1 heterocycles. The second kappa shape index (κ2) is 8.74. The molecule has 0 amide bonds. The van der Waals surface area contributed by atoms with Crippen molar-refractivity contribution < 1.29 is 30.8 Å². The van der Waals surface area contributed by atoms with Crippen molar-refractivity contribution in [2.24, 2.45) is 0 Å². The molecular formula is C19H23F3N2O4S. The van der Waals surface area contributed by atoms with Crippen LogP contribution in [0.4, 0.5) is 13.2 Å². The number of hydrogen-bond acceptors (Lipinski definition) is 5. The Hall–Kier alpha value is -2.07. The van der Waals surface area contributed by atoms with Crippen LogP contribution in [-0.2, 0) is 16.2 Å². The topological polar surface area (TPSA) is 81.4 Å². The number of hydrogen-bond donors (Lipinski definition) is 1. The number of halogens is 3. The molecule has 1 aromatic heterocycles. The summed E-state index contributed by atoms with van der Waals surface area (Å²) < 4.78 is 76.6. The molecule has 3 rings (SSSR count). The monoisotopic (exact) mass is 432 g/mol. The normalized spacial score (nSPS) is 17.0. The lowest BCUT2D eigenvalue weighted by atomic mass is 9.97. The molecule has 0 unspecified atom stereocenters. The van der Waals surface area contributed by atoms with Gasteiger partial charge in [0.25, 0.3) is 0 Å². The molecule has 1 N–H and O–H groups in total. The molecule has 1 aromatic carbocycles. The standard InChI is InChI=1S/C19H23F3N2O4S/c1-27-16-10-9-13(15-12-18(28-23-15)19(20,21)22)11-17(16)29(25,26)24-14-7-5-3-2-4-6-8-14/h9-12,14,24H,2-8H2,1H3. The highest BCUT2D eigenvalue weighted by molar-refractivity contribution is 7.89. The molecule has 29 heavy (non-hydrogen) atoms. The highest BCUT2D eigenvalue weighted by atomic mass is 32.2. The van der Waals surface area contributed by atoms with Crippen molar-refractivity contribution in [3.63, 3.8) is 0 Å². The first-order valence-electron chi connectivity index (χ1n) is 9.45. The van der Waals surface area contributed by atoms with E-state index >= 15 is 0 Å². The molecule has 0 radical (unpaired) electrons. The van der Waals surface area contributed by atoms with E-state index in [-0.39, 0.29) is 27.9 Å². The SMILES string of the molecule is COc1ccc(-c2cc(C(F)(F)F)on2)cc1S(=O)(=O)NC1CCCCCCC1. The molecule has 1 fully saturated rings. The number of nitrogens with one attached hydrogen (secondary N) is 1. The Morgan fingerprint density at radius 3 is 2.34 bits per heavy atom. The fraction of sp³-hybridized carbons (Fsp3) is 0.526. The molecule has 0 aliphatic heterocycles. The van der Waals surface area contributed by atoms with Crippen LogP contribution >= 0.6 is 0 Å². The number of methoxy groups -OCH3 is 1. The van der Waals surface area contributed by atoms with E-state index in [1.165, 1.54) is 25.3 Å². The maximum Gasteiger partial charge on any atom is 0.452 e. The smallest absolute Gasteiger partial charge is 0.452 e. The van der Waals surface area contributed by atoms with Gasteiger partial charge in [-0.05, 0) is 31.0 Å². The maximum atomic E-state index is 13.0. The average Bonchev–Trinajstić information content (AvgIpc) is 3.14.